The van der Waals surface area contributed by atoms with Crippen molar-refractivity contribution in [3.8, 4) is 11.5 Å². The number of aromatic nitrogens is 2. The number of aryl methyl sites for hydroxylation is 1. The molecule has 28 heavy (non-hydrogen) atoms. The summed E-state index contributed by atoms with van der Waals surface area (Å²) in [6, 6.07) is 5.33. The van der Waals surface area contributed by atoms with Crippen molar-refractivity contribution in [3.63, 3.8) is 0 Å². The fourth-order valence-electron chi connectivity index (χ4n) is 2.85. The molecule has 0 bridgehead atoms. The van der Waals surface area contributed by atoms with Gasteiger partial charge in [-0.1, -0.05) is 11.8 Å². The topological polar surface area (TPSA) is 74.6 Å². The molecule has 0 aliphatic heterocycles. The summed E-state index contributed by atoms with van der Waals surface area (Å²) in [4.78, 5) is 17.1. The molecule has 0 aliphatic carbocycles. The van der Waals surface area contributed by atoms with E-state index in [9.17, 15) is 4.79 Å². The van der Waals surface area contributed by atoms with Gasteiger partial charge in [0.05, 0.1) is 38.3 Å². The van der Waals surface area contributed by atoms with Crippen LogP contribution in [0.5, 0.6) is 11.5 Å². The summed E-state index contributed by atoms with van der Waals surface area (Å²) in [5, 5.41) is 3.85. The number of carbonyl (C=O) groups excluding carboxylic acids is 1. The van der Waals surface area contributed by atoms with Crippen LogP contribution in [0.4, 0.5) is 0 Å². The molecule has 2 aromatic rings. The van der Waals surface area contributed by atoms with Crippen molar-refractivity contribution in [2.24, 2.45) is 0 Å². The van der Waals surface area contributed by atoms with Crippen LogP contribution < -0.4 is 14.8 Å². The zero-order valence-electron chi connectivity index (χ0n) is 17.4. The van der Waals surface area contributed by atoms with E-state index in [0.717, 1.165) is 27.9 Å². The summed E-state index contributed by atoms with van der Waals surface area (Å²) < 4.78 is 18.0. The lowest BCUT2D eigenvalue weighted by Crippen LogP contribution is -2.28. The second kappa shape index (κ2) is 10.4. The van der Waals surface area contributed by atoms with Gasteiger partial charge < -0.3 is 24.1 Å². The number of thioether (sulfide) groups is 1. The third kappa shape index (κ3) is 5.42. The first-order chi connectivity index (χ1) is 13.4. The van der Waals surface area contributed by atoms with Crippen molar-refractivity contribution < 1.29 is 19.0 Å². The molecule has 1 aromatic carbocycles. The predicted molar refractivity (Wildman–Crippen MR) is 110 cm³/mol. The maximum Gasteiger partial charge on any atom is 0.230 e. The van der Waals surface area contributed by atoms with E-state index in [0.29, 0.717) is 18.9 Å². The molecule has 7 nitrogen and oxygen atoms in total. The Morgan fingerprint density at radius 2 is 2.00 bits per heavy atom. The first kappa shape index (κ1) is 22.1. The second-order valence-corrected chi connectivity index (χ2v) is 7.34. The second-order valence-electron chi connectivity index (χ2n) is 6.40. The minimum atomic E-state index is -0.213. The molecule has 0 saturated carbocycles. The van der Waals surface area contributed by atoms with Crippen LogP contribution in [-0.4, -0.2) is 49.1 Å². The van der Waals surface area contributed by atoms with E-state index in [4.69, 9.17) is 14.2 Å². The Hall–Kier alpha value is -2.19. The Morgan fingerprint density at radius 1 is 1.25 bits per heavy atom. The number of nitrogens with one attached hydrogen (secondary N) is 1. The van der Waals surface area contributed by atoms with Gasteiger partial charge in [-0.2, -0.15) is 0 Å². The Bertz CT molecular complexity index is 807. The normalized spacial score (nSPS) is 11.9. The van der Waals surface area contributed by atoms with E-state index in [1.54, 1.807) is 21.3 Å². The largest absolute Gasteiger partial charge is 0.497 e. The van der Waals surface area contributed by atoms with Crippen LogP contribution in [-0.2, 0) is 16.1 Å². The third-order valence-corrected chi connectivity index (χ3v) is 5.53. The van der Waals surface area contributed by atoms with Crippen LogP contribution in [0.3, 0.4) is 0 Å². The number of imidazole rings is 1. The molecule has 1 aromatic heterocycles. The van der Waals surface area contributed by atoms with Gasteiger partial charge in [-0.05, 0) is 39.0 Å². The molecule has 0 radical (unpaired) electrons. The number of amides is 1. The molecule has 0 aliphatic rings. The van der Waals surface area contributed by atoms with Gasteiger partial charge in [0.1, 0.15) is 11.5 Å². The molecule has 1 amide bonds. The van der Waals surface area contributed by atoms with Crippen molar-refractivity contribution >= 4 is 17.7 Å². The van der Waals surface area contributed by atoms with Crippen LogP contribution in [0.25, 0.3) is 0 Å². The maximum atomic E-state index is 12.5. The highest BCUT2D eigenvalue weighted by Gasteiger charge is 2.17. The first-order valence-electron chi connectivity index (χ1n) is 9.08. The summed E-state index contributed by atoms with van der Waals surface area (Å²) in [6.45, 7) is 7.24. The molecule has 1 heterocycles. The van der Waals surface area contributed by atoms with Crippen LogP contribution in [0, 0.1) is 13.8 Å². The van der Waals surface area contributed by atoms with Gasteiger partial charge in [0.2, 0.25) is 5.91 Å². The summed E-state index contributed by atoms with van der Waals surface area (Å²) in [7, 11) is 4.90. The molecule has 8 heteroatoms. The smallest absolute Gasteiger partial charge is 0.230 e. The number of methoxy groups -OCH3 is 3. The van der Waals surface area contributed by atoms with Crippen molar-refractivity contribution in [1.29, 1.82) is 0 Å². The van der Waals surface area contributed by atoms with E-state index < -0.39 is 0 Å². The van der Waals surface area contributed by atoms with E-state index in [-0.39, 0.29) is 17.7 Å². The molecule has 154 valence electrons. The van der Waals surface area contributed by atoms with Crippen LogP contribution in [0.1, 0.15) is 29.9 Å². The standard InChI is InChI=1S/C20H29N3O4S/c1-13-15(3)23(9-10-25-4)20(22-13)28-12-19(24)21-14(2)17-11-16(26-5)7-8-18(17)27-6/h7-8,11,14H,9-10,12H2,1-6H3,(H,21,24). The lowest BCUT2D eigenvalue weighted by Gasteiger charge is -2.18. The minimum Gasteiger partial charge on any atom is -0.497 e. The number of rotatable bonds is 10. The third-order valence-electron chi connectivity index (χ3n) is 4.55. The van der Waals surface area contributed by atoms with Crippen LogP contribution in [0.15, 0.2) is 23.4 Å². The maximum absolute atomic E-state index is 12.5. The molecule has 0 fully saturated rings. The molecule has 1 N–H and O–H groups in total. The number of hydrogen-bond acceptors (Lipinski definition) is 6. The quantitative estimate of drug-likeness (QED) is 0.610. The number of hydrogen-bond donors (Lipinski definition) is 1. The molecule has 2 rings (SSSR count). The zero-order chi connectivity index (χ0) is 20.7. The van der Waals surface area contributed by atoms with E-state index in [1.165, 1.54) is 11.8 Å². The minimum absolute atomic E-state index is 0.0704. The highest BCUT2D eigenvalue weighted by Crippen LogP contribution is 2.29. The Morgan fingerprint density at radius 3 is 2.64 bits per heavy atom. The molecule has 1 unspecified atom stereocenters. The Labute approximate surface area is 170 Å². The highest BCUT2D eigenvalue weighted by atomic mass is 32.2. The number of benzene rings is 1. The van der Waals surface area contributed by atoms with Gasteiger partial charge in [0, 0.05) is 24.9 Å². The van der Waals surface area contributed by atoms with Crippen LogP contribution in [0.2, 0.25) is 0 Å². The fraction of sp³-hybridized carbons (Fsp3) is 0.500. The van der Waals surface area contributed by atoms with E-state index in [2.05, 4.69) is 14.9 Å². The lowest BCUT2D eigenvalue weighted by molar-refractivity contribution is -0.119. The van der Waals surface area contributed by atoms with Gasteiger partial charge in [0.15, 0.2) is 5.16 Å². The average molecular weight is 408 g/mol. The van der Waals surface area contributed by atoms with Crippen molar-refractivity contribution in [3.05, 3.63) is 35.2 Å². The molecular weight excluding hydrogens is 378 g/mol. The fourth-order valence-corrected chi connectivity index (χ4v) is 3.78. The van der Waals surface area contributed by atoms with Gasteiger partial charge >= 0.3 is 0 Å². The molecular formula is C20H29N3O4S. The predicted octanol–water partition coefficient (Wildman–Crippen LogP) is 3.13. The SMILES string of the molecule is COCCn1c(SCC(=O)NC(C)c2cc(OC)ccc2OC)nc(C)c1C. The molecule has 1 atom stereocenters. The molecule has 0 saturated heterocycles. The van der Waals surface area contributed by atoms with Crippen molar-refractivity contribution in [2.75, 3.05) is 33.7 Å². The summed E-state index contributed by atoms with van der Waals surface area (Å²) in [5.74, 6) is 1.64. The monoisotopic (exact) mass is 407 g/mol. The summed E-state index contributed by atoms with van der Waals surface area (Å²) in [5.41, 5.74) is 2.93. The van der Waals surface area contributed by atoms with Gasteiger partial charge in [-0.15, -0.1) is 0 Å². The van der Waals surface area contributed by atoms with Gasteiger partial charge in [-0.25, -0.2) is 4.98 Å². The van der Waals surface area contributed by atoms with Gasteiger partial charge in [0.25, 0.3) is 0 Å². The Kier molecular flexibility index (Phi) is 8.19. The Balaban J connectivity index is 2.02. The average Bonchev–Trinajstić information content (AvgIpc) is 2.97. The lowest BCUT2D eigenvalue weighted by atomic mass is 10.1. The zero-order valence-corrected chi connectivity index (χ0v) is 18.2. The van der Waals surface area contributed by atoms with Crippen molar-refractivity contribution in [1.82, 2.24) is 14.9 Å². The summed E-state index contributed by atoms with van der Waals surface area (Å²) in [6.07, 6.45) is 0. The first-order valence-corrected chi connectivity index (χ1v) is 10.1. The number of carbonyl (C=O) groups is 1. The van der Waals surface area contributed by atoms with E-state index >= 15 is 0 Å². The number of nitrogens with zero attached hydrogens (tertiary/aromatic N) is 2. The highest BCUT2D eigenvalue weighted by molar-refractivity contribution is 7.99. The van der Waals surface area contributed by atoms with Crippen molar-refractivity contribution in [2.45, 2.75) is 38.5 Å². The number of ether oxygens (including phenoxy) is 3. The summed E-state index contributed by atoms with van der Waals surface area (Å²) >= 11 is 1.42. The molecule has 0 spiro atoms. The van der Waals surface area contributed by atoms with E-state index in [1.807, 2.05) is 39.0 Å². The van der Waals surface area contributed by atoms with Gasteiger partial charge in [-0.3, -0.25) is 4.79 Å². The van der Waals surface area contributed by atoms with Crippen LogP contribution >= 0.6 is 11.8 Å².